The maximum Gasteiger partial charge on any atom is 0.410 e. The van der Waals surface area contributed by atoms with Gasteiger partial charge in [-0.2, -0.15) is 0 Å². The van der Waals surface area contributed by atoms with Crippen molar-refractivity contribution < 1.29 is 17.9 Å². The fraction of sp³-hybridized carbons (Fsp3) is 0.923. The van der Waals surface area contributed by atoms with Gasteiger partial charge in [0.1, 0.15) is 5.60 Å². The Labute approximate surface area is 120 Å². The molecular weight excluding hydrogens is 280 g/mol. The van der Waals surface area contributed by atoms with Gasteiger partial charge in [-0.1, -0.05) is 0 Å². The summed E-state index contributed by atoms with van der Waals surface area (Å²) < 4.78 is 28.7. The van der Waals surface area contributed by atoms with Gasteiger partial charge in [-0.25, -0.2) is 13.2 Å². The summed E-state index contributed by atoms with van der Waals surface area (Å²) in [7, 11) is -2.94. The Hall–Kier alpha value is -0.820. The molecule has 2 unspecified atom stereocenters. The quantitative estimate of drug-likeness (QED) is 0.769. The molecule has 2 fully saturated rings. The van der Waals surface area contributed by atoms with E-state index in [1.807, 2.05) is 20.8 Å². The van der Waals surface area contributed by atoms with Crippen LogP contribution in [0.15, 0.2) is 0 Å². The van der Waals surface area contributed by atoms with Gasteiger partial charge in [0, 0.05) is 19.6 Å². The second-order valence-electron chi connectivity index (χ2n) is 6.61. The van der Waals surface area contributed by atoms with E-state index in [0.29, 0.717) is 19.5 Å². The predicted octanol–water partition coefficient (Wildman–Crippen LogP) is 0.630. The number of nitrogens with one attached hydrogen (secondary N) is 1. The molecule has 2 atom stereocenters. The fourth-order valence-electron chi connectivity index (χ4n) is 2.82. The Morgan fingerprint density at radius 2 is 2.05 bits per heavy atom. The van der Waals surface area contributed by atoms with E-state index in [1.165, 1.54) is 0 Å². The molecule has 0 spiro atoms. The summed E-state index contributed by atoms with van der Waals surface area (Å²) in [6, 6.07) is -0.0872. The van der Waals surface area contributed by atoms with Crippen molar-refractivity contribution in [1.82, 2.24) is 10.2 Å². The van der Waals surface area contributed by atoms with E-state index in [0.717, 1.165) is 6.54 Å². The molecule has 7 heteroatoms. The molecule has 20 heavy (non-hydrogen) atoms. The lowest BCUT2D eigenvalue weighted by Crippen LogP contribution is -2.57. The standard InChI is InChI=1S/C13H24N2O4S/c1-13(2,3)19-12(16)15-6-5-14-8-11(15)10-4-7-20(17,18)9-10/h10-11,14H,4-9H2,1-3H3. The largest absolute Gasteiger partial charge is 0.444 e. The maximum absolute atomic E-state index is 12.3. The van der Waals surface area contributed by atoms with Gasteiger partial charge in [-0.3, -0.25) is 0 Å². The first kappa shape index (κ1) is 15.6. The lowest BCUT2D eigenvalue weighted by Gasteiger charge is -2.39. The lowest BCUT2D eigenvalue weighted by atomic mass is 9.96. The van der Waals surface area contributed by atoms with Crippen LogP contribution in [0, 0.1) is 5.92 Å². The third kappa shape index (κ3) is 3.85. The Kier molecular flexibility index (Phi) is 4.30. The zero-order valence-electron chi connectivity index (χ0n) is 12.4. The third-order valence-electron chi connectivity index (χ3n) is 3.72. The molecule has 2 saturated heterocycles. The minimum absolute atomic E-state index is 0.0142. The van der Waals surface area contributed by atoms with Crippen LogP contribution in [0.3, 0.4) is 0 Å². The monoisotopic (exact) mass is 304 g/mol. The van der Waals surface area contributed by atoms with E-state index >= 15 is 0 Å². The maximum atomic E-state index is 12.3. The first-order chi connectivity index (χ1) is 9.18. The highest BCUT2D eigenvalue weighted by molar-refractivity contribution is 7.91. The van der Waals surface area contributed by atoms with E-state index in [1.54, 1.807) is 4.90 Å². The molecule has 0 aromatic rings. The smallest absolute Gasteiger partial charge is 0.410 e. The molecule has 0 bridgehead atoms. The molecule has 2 aliphatic heterocycles. The van der Waals surface area contributed by atoms with Crippen molar-refractivity contribution in [3.05, 3.63) is 0 Å². The Morgan fingerprint density at radius 3 is 2.60 bits per heavy atom. The summed E-state index contributed by atoms with van der Waals surface area (Å²) in [4.78, 5) is 14.0. The molecule has 2 rings (SSSR count). The normalized spacial score (nSPS) is 30.2. The number of hydrogen-bond donors (Lipinski definition) is 1. The highest BCUT2D eigenvalue weighted by Crippen LogP contribution is 2.27. The van der Waals surface area contributed by atoms with Gasteiger partial charge in [-0.15, -0.1) is 0 Å². The van der Waals surface area contributed by atoms with Gasteiger partial charge in [0.15, 0.2) is 9.84 Å². The van der Waals surface area contributed by atoms with Crippen LogP contribution in [0.1, 0.15) is 27.2 Å². The number of sulfone groups is 1. The summed E-state index contributed by atoms with van der Waals surface area (Å²) in [6.45, 7) is 7.43. The number of piperazine rings is 1. The van der Waals surface area contributed by atoms with E-state index in [4.69, 9.17) is 4.74 Å². The van der Waals surface area contributed by atoms with Crippen molar-refractivity contribution in [2.75, 3.05) is 31.1 Å². The van der Waals surface area contributed by atoms with Crippen LogP contribution in [0.2, 0.25) is 0 Å². The first-order valence-corrected chi connectivity index (χ1v) is 8.91. The number of carbonyl (C=O) groups is 1. The molecule has 0 radical (unpaired) electrons. The molecule has 2 heterocycles. The minimum Gasteiger partial charge on any atom is -0.444 e. The van der Waals surface area contributed by atoms with Gasteiger partial charge in [0.2, 0.25) is 0 Å². The molecule has 116 valence electrons. The van der Waals surface area contributed by atoms with Crippen LogP contribution >= 0.6 is 0 Å². The molecule has 6 nitrogen and oxygen atoms in total. The van der Waals surface area contributed by atoms with E-state index < -0.39 is 15.4 Å². The second kappa shape index (κ2) is 5.52. The van der Waals surface area contributed by atoms with Crippen LogP contribution in [-0.4, -0.2) is 62.2 Å². The van der Waals surface area contributed by atoms with Crippen LogP contribution < -0.4 is 5.32 Å². The Balaban J connectivity index is 2.08. The molecule has 1 amide bonds. The van der Waals surface area contributed by atoms with Gasteiger partial charge in [0.25, 0.3) is 0 Å². The number of hydrogen-bond acceptors (Lipinski definition) is 5. The van der Waals surface area contributed by atoms with Crippen molar-refractivity contribution in [3.8, 4) is 0 Å². The SMILES string of the molecule is CC(C)(C)OC(=O)N1CCNCC1C1CCS(=O)(=O)C1. The molecule has 0 aromatic heterocycles. The fourth-order valence-corrected chi connectivity index (χ4v) is 4.69. The Morgan fingerprint density at radius 1 is 1.35 bits per heavy atom. The molecule has 0 saturated carbocycles. The average molecular weight is 304 g/mol. The molecular formula is C13H24N2O4S. The number of carbonyl (C=O) groups excluding carboxylic acids is 1. The Bertz CT molecular complexity index is 469. The highest BCUT2D eigenvalue weighted by Gasteiger charge is 2.40. The van der Waals surface area contributed by atoms with Crippen LogP contribution in [-0.2, 0) is 14.6 Å². The van der Waals surface area contributed by atoms with Gasteiger partial charge in [-0.05, 0) is 33.1 Å². The van der Waals surface area contributed by atoms with Crippen LogP contribution in [0.5, 0.6) is 0 Å². The van der Waals surface area contributed by atoms with E-state index in [9.17, 15) is 13.2 Å². The van der Waals surface area contributed by atoms with Crippen molar-refractivity contribution in [1.29, 1.82) is 0 Å². The zero-order chi connectivity index (χ0) is 15.0. The predicted molar refractivity (Wildman–Crippen MR) is 76.4 cm³/mol. The molecule has 1 N–H and O–H groups in total. The number of nitrogens with zero attached hydrogens (tertiary/aromatic N) is 1. The highest BCUT2D eigenvalue weighted by atomic mass is 32.2. The average Bonchev–Trinajstić information content (AvgIpc) is 2.67. The van der Waals surface area contributed by atoms with Crippen molar-refractivity contribution in [2.45, 2.75) is 38.8 Å². The minimum atomic E-state index is -2.94. The number of amides is 1. The van der Waals surface area contributed by atoms with E-state index in [-0.39, 0.29) is 29.6 Å². The number of ether oxygens (including phenoxy) is 1. The third-order valence-corrected chi connectivity index (χ3v) is 5.52. The van der Waals surface area contributed by atoms with Gasteiger partial charge in [0.05, 0.1) is 17.5 Å². The van der Waals surface area contributed by atoms with Crippen LogP contribution in [0.25, 0.3) is 0 Å². The van der Waals surface area contributed by atoms with Crippen LogP contribution in [0.4, 0.5) is 4.79 Å². The van der Waals surface area contributed by atoms with Gasteiger partial charge >= 0.3 is 6.09 Å². The summed E-state index contributed by atoms with van der Waals surface area (Å²) >= 11 is 0. The summed E-state index contributed by atoms with van der Waals surface area (Å²) in [5.41, 5.74) is -0.533. The van der Waals surface area contributed by atoms with Crippen molar-refractivity contribution >= 4 is 15.9 Å². The second-order valence-corrected chi connectivity index (χ2v) is 8.84. The van der Waals surface area contributed by atoms with Crippen molar-refractivity contribution in [2.24, 2.45) is 5.92 Å². The lowest BCUT2D eigenvalue weighted by molar-refractivity contribution is 0.00590. The topological polar surface area (TPSA) is 75.7 Å². The van der Waals surface area contributed by atoms with Crippen molar-refractivity contribution in [3.63, 3.8) is 0 Å². The van der Waals surface area contributed by atoms with Gasteiger partial charge < -0.3 is 15.0 Å². The molecule has 0 aliphatic carbocycles. The molecule has 0 aromatic carbocycles. The summed E-state index contributed by atoms with van der Waals surface area (Å²) in [5, 5.41) is 3.24. The summed E-state index contributed by atoms with van der Waals surface area (Å²) in [5.74, 6) is 0.426. The first-order valence-electron chi connectivity index (χ1n) is 7.09. The van der Waals surface area contributed by atoms with E-state index in [2.05, 4.69) is 5.32 Å². The summed E-state index contributed by atoms with van der Waals surface area (Å²) in [6.07, 6.45) is 0.293. The molecule has 2 aliphatic rings. The zero-order valence-corrected chi connectivity index (χ0v) is 13.2. The number of rotatable bonds is 1.